The molecule has 3 heterocycles. The Morgan fingerprint density at radius 3 is 2.23 bits per heavy atom. The standard InChI is InChI=1S/C30H22Cl3N9O11S3/c31-18-21-25(19(32)20-24(18)52-22-14(37-20)7-6-12(34)26(22)55(46,47)48)53-23-15(38-21)8-9-16(27(23)56(49,50)51)35-10-3-11-36-29-40-28(33)41-30(42-29)39-13-4-1-2-5-17(13)54(43,44)45/h1-2,4-9,37H,3,10-11,34H2,(H,43,44,45)(H,46,47,48)(H,49,50,51)(H2,36,39,40,41,42). The highest BCUT2D eigenvalue weighted by molar-refractivity contribution is 7.86. The van der Waals surface area contributed by atoms with Crippen LogP contribution in [0, 0.1) is 0 Å². The molecule has 0 unspecified atom stereocenters. The van der Waals surface area contributed by atoms with E-state index >= 15 is 0 Å². The average molecular weight is 887 g/mol. The number of nitrogens with two attached hydrogens (primary N) is 1. The molecule has 0 amide bonds. The molecule has 0 bridgehead atoms. The van der Waals surface area contributed by atoms with Crippen LogP contribution < -0.4 is 31.8 Å². The van der Waals surface area contributed by atoms with Gasteiger partial charge in [-0.2, -0.15) is 40.2 Å². The maximum Gasteiger partial charge on any atom is 0.300 e. The smallest absolute Gasteiger partial charge is 0.300 e. The number of benzene rings is 4. The molecule has 0 saturated heterocycles. The van der Waals surface area contributed by atoms with Gasteiger partial charge in [0.15, 0.2) is 32.6 Å². The van der Waals surface area contributed by atoms with Gasteiger partial charge in [0.05, 0.1) is 22.4 Å². The number of hydrogen-bond donors (Lipinski definition) is 7. The number of fused-ring (bicyclic) bond motifs is 4. The number of para-hydroxylation sites is 1. The summed E-state index contributed by atoms with van der Waals surface area (Å²) in [6.45, 7) is 0.149. The van der Waals surface area contributed by atoms with Gasteiger partial charge in [0.2, 0.25) is 17.2 Å². The fraction of sp³-hybridized carbons (Fsp3) is 0.100. The van der Waals surface area contributed by atoms with E-state index in [-0.39, 0.29) is 103 Å². The van der Waals surface area contributed by atoms with Crippen molar-refractivity contribution in [3.8, 4) is 23.0 Å². The molecule has 20 nitrogen and oxygen atoms in total. The van der Waals surface area contributed by atoms with E-state index in [1.165, 1.54) is 48.5 Å². The summed E-state index contributed by atoms with van der Waals surface area (Å²) < 4.78 is 115. The van der Waals surface area contributed by atoms with Crippen LogP contribution in [-0.4, -0.2) is 71.9 Å². The minimum absolute atomic E-state index is 0.00941. The maximum absolute atomic E-state index is 12.7. The van der Waals surface area contributed by atoms with Gasteiger partial charge in [-0.3, -0.25) is 18.7 Å². The Morgan fingerprint density at radius 1 is 0.804 bits per heavy atom. The van der Waals surface area contributed by atoms with Gasteiger partial charge in [-0.05, 0) is 54.4 Å². The molecular weight excluding hydrogens is 865 g/mol. The lowest BCUT2D eigenvalue weighted by molar-refractivity contribution is 0.449. The molecule has 1 aromatic heterocycles. The first-order valence-electron chi connectivity index (χ1n) is 15.4. The third-order valence-corrected chi connectivity index (χ3v) is 11.5. The number of rotatable bonds is 10. The summed E-state index contributed by atoms with van der Waals surface area (Å²) in [6, 6.07) is 10.7. The number of ether oxygens (including phenoxy) is 1. The van der Waals surface area contributed by atoms with Gasteiger partial charge in [-0.1, -0.05) is 35.3 Å². The van der Waals surface area contributed by atoms with Crippen LogP contribution in [0.25, 0.3) is 22.6 Å². The molecule has 0 atom stereocenters. The predicted octanol–water partition coefficient (Wildman–Crippen LogP) is 5.40. The van der Waals surface area contributed by atoms with Crippen molar-refractivity contribution in [2.75, 3.05) is 34.8 Å². The fourth-order valence-electron chi connectivity index (χ4n) is 5.52. The highest BCUT2D eigenvalue weighted by Gasteiger charge is 2.34. The zero-order valence-electron chi connectivity index (χ0n) is 27.5. The number of aromatic nitrogens is 4. The molecule has 0 fully saturated rings. The van der Waals surface area contributed by atoms with Gasteiger partial charge in [0, 0.05) is 13.1 Å². The molecule has 2 aliphatic heterocycles. The summed E-state index contributed by atoms with van der Waals surface area (Å²) in [6.07, 6.45) is 0.249. The molecular formula is C30H22Cl3N9O11S3. The van der Waals surface area contributed by atoms with Crippen LogP contribution in [0.5, 0.6) is 11.5 Å². The Kier molecular flexibility index (Phi) is 10.1. The van der Waals surface area contributed by atoms with E-state index in [9.17, 15) is 38.9 Å². The van der Waals surface area contributed by atoms with Crippen molar-refractivity contribution >= 4 is 111 Å². The Labute approximate surface area is 330 Å². The summed E-state index contributed by atoms with van der Waals surface area (Å²) in [5.41, 5.74) is 4.98. The Bertz CT molecular complexity index is 3010. The molecule has 0 saturated carbocycles. The van der Waals surface area contributed by atoms with E-state index in [1.54, 1.807) is 0 Å². The molecule has 292 valence electrons. The monoisotopic (exact) mass is 885 g/mol. The van der Waals surface area contributed by atoms with E-state index < -0.39 is 50.8 Å². The van der Waals surface area contributed by atoms with E-state index in [0.29, 0.717) is 0 Å². The second-order valence-corrected chi connectivity index (χ2v) is 16.7. The lowest BCUT2D eigenvalue weighted by Crippen LogP contribution is -2.19. The van der Waals surface area contributed by atoms with Crippen LogP contribution >= 0.6 is 34.8 Å². The zero-order chi connectivity index (χ0) is 40.3. The van der Waals surface area contributed by atoms with Crippen LogP contribution in [0.1, 0.15) is 6.42 Å². The Balaban J connectivity index is 1.17. The van der Waals surface area contributed by atoms with E-state index in [1.807, 2.05) is 0 Å². The largest absolute Gasteiger partial charge is 0.450 e. The van der Waals surface area contributed by atoms with Gasteiger partial charge in [-0.25, -0.2) is 4.98 Å². The first kappa shape index (κ1) is 39.1. The third kappa shape index (κ3) is 7.55. The van der Waals surface area contributed by atoms with Gasteiger partial charge in [0.1, 0.15) is 31.8 Å². The van der Waals surface area contributed by atoms with Crippen molar-refractivity contribution in [1.82, 2.24) is 19.9 Å². The average Bonchev–Trinajstić information content (AvgIpc) is 3.10. The topological polar surface area (TPSA) is 312 Å². The van der Waals surface area contributed by atoms with Gasteiger partial charge < -0.3 is 30.8 Å². The predicted molar refractivity (Wildman–Crippen MR) is 202 cm³/mol. The maximum atomic E-state index is 12.7. The first-order valence-corrected chi connectivity index (χ1v) is 20.9. The minimum Gasteiger partial charge on any atom is -0.450 e. The number of anilines is 6. The van der Waals surface area contributed by atoms with Gasteiger partial charge in [-0.15, -0.1) is 0 Å². The molecule has 8 N–H and O–H groups in total. The molecule has 0 radical (unpaired) electrons. The SMILES string of the molecule is Nc1ccc2c(c1S(=O)(=O)O)Oc1c(c(Cl)c3oc4c(S(=O)(=O)O)c(=NCCCNc5nc(Cl)nc(Nc6ccccc6S(=O)(=O)O)n5)ccc-4nc3c1Cl)N2. The molecule has 4 aromatic rings. The molecule has 7 rings (SSSR count). The summed E-state index contributed by atoms with van der Waals surface area (Å²) in [5, 5.41) is 7.51. The van der Waals surface area contributed by atoms with Crippen molar-refractivity contribution in [2.45, 2.75) is 21.1 Å². The zero-order valence-corrected chi connectivity index (χ0v) is 32.2. The fourth-order valence-corrected chi connectivity index (χ4v) is 8.38. The highest BCUT2D eigenvalue weighted by Crippen LogP contribution is 2.55. The van der Waals surface area contributed by atoms with Crippen molar-refractivity contribution in [3.63, 3.8) is 0 Å². The number of halogens is 3. The second kappa shape index (κ2) is 14.4. The van der Waals surface area contributed by atoms with Crippen LogP contribution in [0.4, 0.5) is 34.6 Å². The van der Waals surface area contributed by atoms with Crippen LogP contribution in [0.2, 0.25) is 15.3 Å². The minimum atomic E-state index is -5.02. The number of nitrogen functional groups attached to an aromatic ring is 1. The summed E-state index contributed by atoms with van der Waals surface area (Å²) in [5.74, 6) is -1.16. The van der Waals surface area contributed by atoms with Gasteiger partial charge >= 0.3 is 10.1 Å². The second-order valence-electron chi connectivity index (χ2n) is 11.5. The lowest BCUT2D eigenvalue weighted by atomic mass is 10.1. The summed E-state index contributed by atoms with van der Waals surface area (Å²) >= 11 is 19.4. The molecule has 3 aromatic carbocycles. The number of nitrogens with one attached hydrogen (secondary N) is 3. The normalized spacial score (nSPS) is 13.2. The van der Waals surface area contributed by atoms with Crippen LogP contribution in [-0.2, 0) is 30.4 Å². The quantitative estimate of drug-likeness (QED) is 0.0391. The van der Waals surface area contributed by atoms with Crippen molar-refractivity contribution < 1.29 is 48.1 Å². The van der Waals surface area contributed by atoms with E-state index in [4.69, 9.17) is 49.7 Å². The molecule has 0 spiro atoms. The van der Waals surface area contributed by atoms with E-state index in [2.05, 4.69) is 40.9 Å². The Morgan fingerprint density at radius 2 is 1.52 bits per heavy atom. The number of nitrogens with zero attached hydrogens (tertiary/aromatic N) is 5. The number of hydrogen-bond acceptors (Lipinski definition) is 17. The molecule has 26 heteroatoms. The first-order chi connectivity index (χ1) is 26.3. The van der Waals surface area contributed by atoms with Crippen molar-refractivity contribution in [2.24, 2.45) is 4.99 Å². The van der Waals surface area contributed by atoms with E-state index in [0.717, 1.165) is 0 Å². The van der Waals surface area contributed by atoms with Crippen LogP contribution in [0.15, 0.2) is 72.6 Å². The van der Waals surface area contributed by atoms with Crippen molar-refractivity contribution in [1.29, 1.82) is 0 Å². The van der Waals surface area contributed by atoms with Gasteiger partial charge in [0.25, 0.3) is 20.2 Å². The highest BCUT2D eigenvalue weighted by atomic mass is 35.5. The summed E-state index contributed by atoms with van der Waals surface area (Å²) in [4.78, 5) is 18.9. The molecule has 1 aliphatic carbocycles. The molecule has 3 aliphatic rings. The molecule has 56 heavy (non-hydrogen) atoms. The lowest BCUT2D eigenvalue weighted by Gasteiger charge is -2.26. The third-order valence-electron chi connectivity index (χ3n) is 7.82. The summed E-state index contributed by atoms with van der Waals surface area (Å²) in [7, 11) is -14.5. The van der Waals surface area contributed by atoms with Crippen LogP contribution in [0.3, 0.4) is 0 Å². The van der Waals surface area contributed by atoms with Crippen molar-refractivity contribution in [3.05, 3.63) is 69.2 Å². The Hall–Kier alpha value is -5.11.